The molecule has 0 aromatic heterocycles. The van der Waals surface area contributed by atoms with Crippen molar-refractivity contribution in [1.29, 1.82) is 0 Å². The van der Waals surface area contributed by atoms with Crippen molar-refractivity contribution in [1.82, 2.24) is 5.43 Å². The van der Waals surface area contributed by atoms with Gasteiger partial charge < -0.3 is 0 Å². The van der Waals surface area contributed by atoms with Crippen LogP contribution in [0.5, 0.6) is 0 Å². The molecule has 2 nitrogen and oxygen atoms in total. The van der Waals surface area contributed by atoms with Crippen LogP contribution < -0.4 is 11.3 Å². The normalized spacial score (nSPS) is 24.0. The first kappa shape index (κ1) is 17.1. The molecule has 0 saturated heterocycles. The molecule has 3 N–H and O–H groups in total. The van der Waals surface area contributed by atoms with Crippen LogP contribution in [0.15, 0.2) is 18.2 Å². The van der Waals surface area contributed by atoms with Crippen LogP contribution in [0.2, 0.25) is 10.0 Å². The number of hydrazine groups is 1. The number of benzene rings is 1. The summed E-state index contributed by atoms with van der Waals surface area (Å²) in [6, 6.07) is 5.93. The van der Waals surface area contributed by atoms with Gasteiger partial charge in [0.15, 0.2) is 0 Å². The zero-order chi connectivity index (χ0) is 15.2. The van der Waals surface area contributed by atoms with Crippen LogP contribution in [0.3, 0.4) is 0 Å². The molecule has 21 heavy (non-hydrogen) atoms. The van der Waals surface area contributed by atoms with Crippen molar-refractivity contribution in [3.63, 3.8) is 0 Å². The number of hydrogen-bond donors (Lipinski definition) is 2. The summed E-state index contributed by atoms with van der Waals surface area (Å²) >= 11 is 12.3. The minimum absolute atomic E-state index is 0.281. The fraction of sp³-hybridized carbons (Fsp3) is 0.647. The molecule has 118 valence electrons. The van der Waals surface area contributed by atoms with E-state index < -0.39 is 0 Å². The maximum Gasteiger partial charge on any atom is 0.0439 e. The molecule has 0 spiro atoms. The van der Waals surface area contributed by atoms with Crippen LogP contribution in [0.4, 0.5) is 0 Å². The van der Waals surface area contributed by atoms with E-state index in [0.29, 0.717) is 5.92 Å². The second-order valence-electron chi connectivity index (χ2n) is 6.28. The van der Waals surface area contributed by atoms with Gasteiger partial charge in [-0.1, -0.05) is 55.8 Å². The molecule has 0 aliphatic heterocycles. The van der Waals surface area contributed by atoms with Gasteiger partial charge >= 0.3 is 0 Å². The lowest BCUT2D eigenvalue weighted by Crippen LogP contribution is -2.43. The van der Waals surface area contributed by atoms with E-state index in [-0.39, 0.29) is 6.04 Å². The Kier molecular flexibility index (Phi) is 6.81. The lowest BCUT2D eigenvalue weighted by molar-refractivity contribution is 0.213. The first-order chi connectivity index (χ1) is 10.1. The molecule has 4 heteroatoms. The third-order valence-electron chi connectivity index (χ3n) is 4.82. The molecule has 1 aromatic rings. The maximum absolute atomic E-state index is 6.27. The van der Waals surface area contributed by atoms with E-state index in [1.54, 1.807) is 0 Å². The van der Waals surface area contributed by atoms with Crippen molar-refractivity contribution < 1.29 is 0 Å². The molecule has 2 rings (SSSR count). The van der Waals surface area contributed by atoms with Gasteiger partial charge in [0, 0.05) is 16.1 Å². The summed E-state index contributed by atoms with van der Waals surface area (Å²) in [6.07, 6.45) is 8.70. The van der Waals surface area contributed by atoms with E-state index in [1.807, 2.05) is 18.2 Å². The van der Waals surface area contributed by atoms with E-state index in [2.05, 4.69) is 12.3 Å². The van der Waals surface area contributed by atoms with Crippen molar-refractivity contribution in [2.24, 2.45) is 17.7 Å². The smallest absolute Gasteiger partial charge is 0.0439 e. The summed E-state index contributed by atoms with van der Waals surface area (Å²) in [5, 5.41) is 1.51. The standard InChI is InChI=1S/C17H26Cl2N2/c1-2-3-12-4-6-13(7-5-12)17(21-20)11-14-10-15(18)8-9-16(14)19/h8-10,12-13,17,21H,2-7,11,20H2,1H3. The molecule has 0 bridgehead atoms. The van der Waals surface area contributed by atoms with Gasteiger partial charge in [0.1, 0.15) is 0 Å². The van der Waals surface area contributed by atoms with Gasteiger partial charge in [-0.05, 0) is 54.9 Å². The first-order valence-corrected chi connectivity index (χ1v) is 8.79. The molecule has 0 amide bonds. The number of rotatable bonds is 6. The maximum atomic E-state index is 6.27. The van der Waals surface area contributed by atoms with Gasteiger partial charge in [0.05, 0.1) is 0 Å². The second kappa shape index (κ2) is 8.38. The predicted molar refractivity (Wildman–Crippen MR) is 91.6 cm³/mol. The van der Waals surface area contributed by atoms with Gasteiger partial charge in [-0.15, -0.1) is 0 Å². The van der Waals surface area contributed by atoms with Gasteiger partial charge in [-0.25, -0.2) is 0 Å². The quantitative estimate of drug-likeness (QED) is 0.571. The van der Waals surface area contributed by atoms with E-state index in [4.69, 9.17) is 29.0 Å². The highest BCUT2D eigenvalue weighted by Gasteiger charge is 2.27. The molecule has 1 aromatic carbocycles. The van der Waals surface area contributed by atoms with Crippen LogP contribution >= 0.6 is 23.2 Å². The van der Waals surface area contributed by atoms with Crippen LogP contribution in [0, 0.1) is 11.8 Å². The monoisotopic (exact) mass is 328 g/mol. The van der Waals surface area contributed by atoms with Crippen LogP contribution in [0.25, 0.3) is 0 Å². The van der Waals surface area contributed by atoms with Gasteiger partial charge in [-0.3, -0.25) is 11.3 Å². The third kappa shape index (κ3) is 4.85. The molecule has 1 atom stereocenters. The molecular weight excluding hydrogens is 303 g/mol. The van der Waals surface area contributed by atoms with Crippen LogP contribution in [-0.4, -0.2) is 6.04 Å². The van der Waals surface area contributed by atoms with E-state index in [1.165, 1.54) is 38.5 Å². The zero-order valence-corrected chi connectivity index (χ0v) is 14.3. The summed E-state index contributed by atoms with van der Waals surface area (Å²) < 4.78 is 0. The Morgan fingerprint density at radius 1 is 1.24 bits per heavy atom. The van der Waals surface area contributed by atoms with Gasteiger partial charge in [0.2, 0.25) is 0 Å². The van der Waals surface area contributed by atoms with Crippen molar-refractivity contribution in [3.8, 4) is 0 Å². The highest BCUT2D eigenvalue weighted by atomic mass is 35.5. The number of halogens is 2. The fourth-order valence-electron chi connectivity index (χ4n) is 3.59. The fourth-order valence-corrected chi connectivity index (χ4v) is 3.98. The van der Waals surface area contributed by atoms with Crippen LogP contribution in [0.1, 0.15) is 51.0 Å². The largest absolute Gasteiger partial charge is 0.271 e. The van der Waals surface area contributed by atoms with Gasteiger partial charge in [-0.2, -0.15) is 0 Å². The summed E-state index contributed by atoms with van der Waals surface area (Å²) in [6.45, 7) is 2.28. The topological polar surface area (TPSA) is 38.0 Å². The molecule has 1 unspecified atom stereocenters. The first-order valence-electron chi connectivity index (χ1n) is 8.04. The number of hydrogen-bond acceptors (Lipinski definition) is 2. The minimum atomic E-state index is 0.281. The predicted octanol–water partition coefficient (Wildman–Crippen LogP) is 4.97. The summed E-state index contributed by atoms with van der Waals surface area (Å²) in [5.74, 6) is 7.36. The van der Waals surface area contributed by atoms with E-state index >= 15 is 0 Å². The van der Waals surface area contributed by atoms with Crippen molar-refractivity contribution >= 4 is 23.2 Å². The SMILES string of the molecule is CCCC1CCC(C(Cc2cc(Cl)ccc2Cl)NN)CC1. The summed E-state index contributed by atoms with van der Waals surface area (Å²) in [5.41, 5.74) is 4.10. The summed E-state index contributed by atoms with van der Waals surface area (Å²) in [7, 11) is 0. The average molecular weight is 329 g/mol. The molecule has 1 saturated carbocycles. The lowest BCUT2D eigenvalue weighted by Gasteiger charge is -2.33. The molecule has 0 heterocycles. The Hall–Kier alpha value is -0.280. The molecule has 1 aliphatic carbocycles. The summed E-state index contributed by atoms with van der Waals surface area (Å²) in [4.78, 5) is 0. The molecule has 1 fully saturated rings. The van der Waals surface area contributed by atoms with Crippen LogP contribution in [-0.2, 0) is 6.42 Å². The Labute approximate surface area is 138 Å². The highest BCUT2D eigenvalue weighted by molar-refractivity contribution is 6.33. The number of nitrogens with two attached hydrogens (primary N) is 1. The Balaban J connectivity index is 1.96. The Morgan fingerprint density at radius 3 is 2.57 bits per heavy atom. The zero-order valence-electron chi connectivity index (χ0n) is 12.7. The number of nitrogens with one attached hydrogen (secondary N) is 1. The van der Waals surface area contributed by atoms with Crippen molar-refractivity contribution in [3.05, 3.63) is 33.8 Å². The van der Waals surface area contributed by atoms with Gasteiger partial charge in [0.25, 0.3) is 0 Å². The molecule has 0 radical (unpaired) electrons. The van der Waals surface area contributed by atoms with E-state index in [0.717, 1.165) is 27.9 Å². The van der Waals surface area contributed by atoms with E-state index in [9.17, 15) is 0 Å². The Morgan fingerprint density at radius 2 is 1.95 bits per heavy atom. The van der Waals surface area contributed by atoms with Crippen molar-refractivity contribution in [2.45, 2.75) is 57.9 Å². The molecular formula is C17H26Cl2N2. The van der Waals surface area contributed by atoms with Crippen molar-refractivity contribution in [2.75, 3.05) is 0 Å². The second-order valence-corrected chi connectivity index (χ2v) is 7.13. The average Bonchev–Trinajstić information content (AvgIpc) is 2.49. The Bertz CT molecular complexity index is 442. The minimum Gasteiger partial charge on any atom is -0.271 e. The lowest BCUT2D eigenvalue weighted by atomic mass is 9.76. The molecule has 1 aliphatic rings. The highest BCUT2D eigenvalue weighted by Crippen LogP contribution is 2.34. The third-order valence-corrected chi connectivity index (χ3v) is 5.42.